The third-order valence-electron chi connectivity index (χ3n) is 3.64. The number of nitrogens with two attached hydrogens (primary N) is 1. The zero-order valence-electron chi connectivity index (χ0n) is 10.8. The van der Waals surface area contributed by atoms with Crippen LogP contribution in [0, 0.1) is 0 Å². The normalized spacial score (nSPS) is 11.2. The Morgan fingerprint density at radius 3 is 2.15 bits per heavy atom. The average Bonchev–Trinajstić information content (AvgIpc) is 2.88. The second-order valence-corrected chi connectivity index (χ2v) is 5.89. The summed E-state index contributed by atoms with van der Waals surface area (Å²) in [6, 6.07) is 23.2. The van der Waals surface area contributed by atoms with Gasteiger partial charge in [-0.3, -0.25) is 0 Å². The van der Waals surface area contributed by atoms with E-state index >= 15 is 0 Å². The maximum Gasteiger partial charge on any atom is 0.0585 e. The summed E-state index contributed by atoms with van der Waals surface area (Å²) < 4.78 is 2.50. The summed E-state index contributed by atoms with van der Waals surface area (Å²) in [4.78, 5) is 0. The van der Waals surface area contributed by atoms with E-state index in [2.05, 4.69) is 48.5 Å². The van der Waals surface area contributed by atoms with Gasteiger partial charge in [-0.25, -0.2) is 0 Å². The van der Waals surface area contributed by atoms with Gasteiger partial charge in [0, 0.05) is 21.2 Å². The maximum atomic E-state index is 6.12. The quantitative estimate of drug-likeness (QED) is 0.468. The molecule has 0 spiro atoms. The molecule has 0 bridgehead atoms. The third kappa shape index (κ3) is 1.62. The summed E-state index contributed by atoms with van der Waals surface area (Å²) in [6.45, 7) is 0. The van der Waals surface area contributed by atoms with Crippen LogP contribution in [0.25, 0.3) is 31.3 Å². The van der Waals surface area contributed by atoms with Crippen LogP contribution in [0.5, 0.6) is 0 Å². The van der Waals surface area contributed by atoms with E-state index in [1.54, 1.807) is 11.3 Å². The Bertz CT molecular complexity index is 907. The molecule has 0 radical (unpaired) electrons. The van der Waals surface area contributed by atoms with Gasteiger partial charge in [-0.15, -0.1) is 11.3 Å². The number of benzene rings is 3. The lowest BCUT2D eigenvalue weighted by molar-refractivity contribution is 1.67. The molecule has 0 fully saturated rings. The molecule has 4 rings (SSSR count). The molecule has 0 unspecified atom stereocenters. The van der Waals surface area contributed by atoms with E-state index in [0.29, 0.717) is 0 Å². The summed E-state index contributed by atoms with van der Waals surface area (Å²) in [5.74, 6) is 0. The summed E-state index contributed by atoms with van der Waals surface area (Å²) in [5.41, 5.74) is 9.52. The van der Waals surface area contributed by atoms with Gasteiger partial charge in [0.15, 0.2) is 0 Å². The average molecular weight is 275 g/mol. The van der Waals surface area contributed by atoms with Gasteiger partial charge in [0.2, 0.25) is 0 Å². The minimum absolute atomic E-state index is 0.864. The van der Waals surface area contributed by atoms with E-state index in [1.165, 1.54) is 31.3 Å². The van der Waals surface area contributed by atoms with E-state index < -0.39 is 0 Å². The Hall–Kier alpha value is -2.32. The predicted octanol–water partition coefficient (Wildman–Crippen LogP) is 5.30. The lowest BCUT2D eigenvalue weighted by Crippen LogP contribution is -1.81. The highest BCUT2D eigenvalue weighted by molar-refractivity contribution is 7.26. The highest BCUT2D eigenvalue weighted by Crippen LogP contribution is 2.41. The van der Waals surface area contributed by atoms with Crippen LogP contribution in [0.1, 0.15) is 0 Å². The standard InChI is InChI=1S/C18H13NS/c19-16-11-5-10-15-14-9-4-8-13(17(14)20-18(15)16)12-6-2-1-3-7-12/h1-11H,19H2. The Kier molecular flexibility index (Phi) is 2.51. The van der Waals surface area contributed by atoms with Gasteiger partial charge in [-0.05, 0) is 17.2 Å². The smallest absolute Gasteiger partial charge is 0.0585 e. The van der Waals surface area contributed by atoms with E-state index in [-0.39, 0.29) is 0 Å². The van der Waals surface area contributed by atoms with Gasteiger partial charge < -0.3 is 5.73 Å². The second kappa shape index (κ2) is 4.36. The number of hydrogen-bond donors (Lipinski definition) is 1. The lowest BCUT2D eigenvalue weighted by Gasteiger charge is -2.02. The van der Waals surface area contributed by atoms with Gasteiger partial charge in [0.1, 0.15) is 0 Å². The number of hydrogen-bond acceptors (Lipinski definition) is 2. The molecule has 20 heavy (non-hydrogen) atoms. The number of thiophene rings is 1. The van der Waals surface area contributed by atoms with Crippen LogP contribution in [-0.4, -0.2) is 0 Å². The molecule has 3 aromatic carbocycles. The van der Waals surface area contributed by atoms with Gasteiger partial charge in [0.25, 0.3) is 0 Å². The largest absolute Gasteiger partial charge is 0.398 e. The van der Waals surface area contributed by atoms with Crippen LogP contribution in [-0.2, 0) is 0 Å². The molecule has 0 aliphatic carbocycles. The van der Waals surface area contributed by atoms with Crippen molar-refractivity contribution in [2.24, 2.45) is 0 Å². The highest BCUT2D eigenvalue weighted by atomic mass is 32.1. The minimum Gasteiger partial charge on any atom is -0.398 e. The van der Waals surface area contributed by atoms with Crippen molar-refractivity contribution in [1.82, 2.24) is 0 Å². The van der Waals surface area contributed by atoms with Crippen molar-refractivity contribution in [3.05, 3.63) is 66.7 Å². The minimum atomic E-state index is 0.864. The zero-order chi connectivity index (χ0) is 13.5. The molecule has 1 nitrogen and oxygen atoms in total. The zero-order valence-corrected chi connectivity index (χ0v) is 11.7. The van der Waals surface area contributed by atoms with E-state index in [1.807, 2.05) is 18.2 Å². The first kappa shape index (κ1) is 11.5. The molecular formula is C18H13NS. The van der Waals surface area contributed by atoms with E-state index in [0.717, 1.165) is 5.69 Å². The predicted molar refractivity (Wildman–Crippen MR) is 89.2 cm³/mol. The molecule has 0 atom stereocenters. The van der Waals surface area contributed by atoms with Crippen LogP contribution in [0.4, 0.5) is 5.69 Å². The fraction of sp³-hybridized carbons (Fsp3) is 0. The number of fused-ring (bicyclic) bond motifs is 3. The summed E-state index contributed by atoms with van der Waals surface area (Å²) in [6.07, 6.45) is 0. The lowest BCUT2D eigenvalue weighted by atomic mass is 10.0. The molecule has 0 saturated carbocycles. The number of anilines is 1. The van der Waals surface area contributed by atoms with Crippen molar-refractivity contribution in [3.8, 4) is 11.1 Å². The molecule has 96 valence electrons. The van der Waals surface area contributed by atoms with E-state index in [4.69, 9.17) is 5.73 Å². The van der Waals surface area contributed by atoms with Crippen LogP contribution in [0.2, 0.25) is 0 Å². The van der Waals surface area contributed by atoms with Gasteiger partial charge in [-0.1, -0.05) is 60.7 Å². The van der Waals surface area contributed by atoms with Crippen molar-refractivity contribution < 1.29 is 0 Å². The SMILES string of the molecule is Nc1cccc2c1sc1c(-c3ccccc3)cccc12. The first-order valence-corrected chi connectivity index (χ1v) is 7.41. The Balaban J connectivity index is 2.14. The molecule has 2 heteroatoms. The van der Waals surface area contributed by atoms with Gasteiger partial charge >= 0.3 is 0 Å². The topological polar surface area (TPSA) is 26.0 Å². The molecular weight excluding hydrogens is 262 g/mol. The van der Waals surface area contributed by atoms with Crippen molar-refractivity contribution in [2.75, 3.05) is 5.73 Å². The molecule has 1 heterocycles. The Morgan fingerprint density at radius 1 is 0.650 bits per heavy atom. The Morgan fingerprint density at radius 2 is 1.35 bits per heavy atom. The summed E-state index contributed by atoms with van der Waals surface area (Å²) in [7, 11) is 0. The summed E-state index contributed by atoms with van der Waals surface area (Å²) >= 11 is 1.78. The van der Waals surface area contributed by atoms with Crippen LogP contribution in [0.3, 0.4) is 0 Å². The maximum absolute atomic E-state index is 6.12. The first-order valence-electron chi connectivity index (χ1n) is 6.60. The van der Waals surface area contributed by atoms with E-state index in [9.17, 15) is 0 Å². The van der Waals surface area contributed by atoms with Gasteiger partial charge in [-0.2, -0.15) is 0 Å². The van der Waals surface area contributed by atoms with Crippen molar-refractivity contribution in [3.63, 3.8) is 0 Å². The first-order chi connectivity index (χ1) is 9.84. The Labute approximate surface area is 121 Å². The van der Waals surface area contributed by atoms with Crippen molar-refractivity contribution in [1.29, 1.82) is 0 Å². The summed E-state index contributed by atoms with van der Waals surface area (Å²) in [5, 5.41) is 2.54. The fourth-order valence-corrected chi connectivity index (χ4v) is 3.95. The number of rotatable bonds is 1. The van der Waals surface area contributed by atoms with Crippen LogP contribution >= 0.6 is 11.3 Å². The molecule has 2 N–H and O–H groups in total. The molecule has 4 aromatic rings. The fourth-order valence-electron chi connectivity index (χ4n) is 2.69. The molecule has 0 aliphatic rings. The van der Waals surface area contributed by atoms with Crippen molar-refractivity contribution >= 4 is 37.2 Å². The van der Waals surface area contributed by atoms with Crippen molar-refractivity contribution in [2.45, 2.75) is 0 Å². The second-order valence-electron chi connectivity index (χ2n) is 4.87. The van der Waals surface area contributed by atoms with Crippen LogP contribution < -0.4 is 5.73 Å². The molecule has 0 saturated heterocycles. The third-order valence-corrected chi connectivity index (χ3v) is 4.94. The number of nitrogen functional groups attached to an aromatic ring is 1. The monoisotopic (exact) mass is 275 g/mol. The molecule has 1 aromatic heterocycles. The molecule has 0 aliphatic heterocycles. The van der Waals surface area contributed by atoms with Gasteiger partial charge in [0.05, 0.1) is 4.70 Å². The highest BCUT2D eigenvalue weighted by Gasteiger charge is 2.11. The van der Waals surface area contributed by atoms with Crippen LogP contribution in [0.15, 0.2) is 66.7 Å². The molecule has 0 amide bonds.